The minimum atomic E-state index is -1.02. The van der Waals surface area contributed by atoms with Crippen LogP contribution in [0.4, 0.5) is 18.9 Å². The number of rotatable bonds is 6. The van der Waals surface area contributed by atoms with Crippen LogP contribution >= 0.6 is 0 Å². The van der Waals surface area contributed by atoms with Crippen molar-refractivity contribution in [2.45, 2.75) is 13.5 Å². The molecule has 32 heavy (non-hydrogen) atoms. The highest BCUT2D eigenvalue weighted by molar-refractivity contribution is 5.89. The fourth-order valence-corrected chi connectivity index (χ4v) is 2.94. The SMILES string of the molecule is COc1c(F)cc(Cn2c(=O)c(OC)nn(-c3ccc(F)c(NC(C)=O)c3)c2=O)cc1F. The van der Waals surface area contributed by atoms with Crippen molar-refractivity contribution in [3.63, 3.8) is 0 Å². The molecule has 2 aromatic carbocycles. The summed E-state index contributed by atoms with van der Waals surface area (Å²) in [4.78, 5) is 36.9. The lowest BCUT2D eigenvalue weighted by atomic mass is 10.2. The minimum Gasteiger partial charge on any atom is -0.491 e. The second-order valence-electron chi connectivity index (χ2n) is 6.53. The Balaban J connectivity index is 2.17. The molecule has 0 fully saturated rings. The molecule has 0 spiro atoms. The molecule has 12 heteroatoms. The number of benzene rings is 2. The van der Waals surface area contributed by atoms with Crippen molar-refractivity contribution in [3.8, 4) is 17.3 Å². The predicted octanol–water partition coefficient (Wildman–Crippen LogP) is 1.84. The van der Waals surface area contributed by atoms with Crippen LogP contribution in [0.15, 0.2) is 39.9 Å². The van der Waals surface area contributed by atoms with E-state index < -0.39 is 52.8 Å². The van der Waals surface area contributed by atoms with E-state index >= 15 is 0 Å². The number of amides is 1. The van der Waals surface area contributed by atoms with Gasteiger partial charge in [-0.05, 0) is 35.9 Å². The Labute approximate surface area is 178 Å². The monoisotopic (exact) mass is 450 g/mol. The van der Waals surface area contributed by atoms with E-state index in [1.807, 2.05) is 0 Å². The summed E-state index contributed by atoms with van der Waals surface area (Å²) in [6.07, 6.45) is 0. The summed E-state index contributed by atoms with van der Waals surface area (Å²) >= 11 is 0. The summed E-state index contributed by atoms with van der Waals surface area (Å²) in [5.74, 6) is -4.45. The first kappa shape index (κ1) is 22.6. The molecule has 3 aromatic rings. The number of carbonyl (C=O) groups excluding carboxylic acids is 1. The zero-order valence-electron chi connectivity index (χ0n) is 17.1. The van der Waals surface area contributed by atoms with E-state index in [0.29, 0.717) is 4.57 Å². The molecule has 0 aliphatic rings. The normalized spacial score (nSPS) is 10.7. The van der Waals surface area contributed by atoms with Gasteiger partial charge in [0.2, 0.25) is 5.91 Å². The van der Waals surface area contributed by atoms with Gasteiger partial charge >= 0.3 is 11.2 Å². The Hall–Kier alpha value is -4.09. The van der Waals surface area contributed by atoms with Crippen LogP contribution in [0.5, 0.6) is 11.6 Å². The largest absolute Gasteiger partial charge is 0.491 e. The molecule has 1 N–H and O–H groups in total. The maximum atomic E-state index is 14.0. The zero-order valence-corrected chi connectivity index (χ0v) is 17.1. The highest BCUT2D eigenvalue weighted by Gasteiger charge is 2.18. The summed E-state index contributed by atoms with van der Waals surface area (Å²) in [7, 11) is 2.24. The lowest BCUT2D eigenvalue weighted by molar-refractivity contribution is -0.114. The van der Waals surface area contributed by atoms with Crippen molar-refractivity contribution in [2.75, 3.05) is 19.5 Å². The number of methoxy groups -OCH3 is 2. The van der Waals surface area contributed by atoms with Crippen molar-refractivity contribution >= 4 is 11.6 Å². The molecular weight excluding hydrogens is 433 g/mol. The number of halogens is 3. The summed E-state index contributed by atoms with van der Waals surface area (Å²) in [6, 6.07) is 5.14. The lowest BCUT2D eigenvalue weighted by Gasteiger charge is -2.13. The van der Waals surface area contributed by atoms with Gasteiger partial charge in [-0.1, -0.05) is 0 Å². The molecule has 1 amide bonds. The van der Waals surface area contributed by atoms with E-state index in [9.17, 15) is 27.6 Å². The molecule has 0 radical (unpaired) electrons. The molecule has 0 saturated heterocycles. The van der Waals surface area contributed by atoms with Crippen LogP contribution in [0.1, 0.15) is 12.5 Å². The number of nitrogens with one attached hydrogen (secondary N) is 1. The van der Waals surface area contributed by atoms with E-state index in [0.717, 1.165) is 43.2 Å². The maximum absolute atomic E-state index is 14.0. The van der Waals surface area contributed by atoms with Crippen LogP contribution in [0.2, 0.25) is 0 Å². The van der Waals surface area contributed by atoms with Gasteiger partial charge in [0.25, 0.3) is 5.88 Å². The Bertz CT molecular complexity index is 1300. The molecule has 168 valence electrons. The van der Waals surface area contributed by atoms with Crippen LogP contribution in [0, 0.1) is 17.5 Å². The average molecular weight is 450 g/mol. The number of hydrogen-bond donors (Lipinski definition) is 1. The average Bonchev–Trinajstić information content (AvgIpc) is 2.72. The van der Waals surface area contributed by atoms with Crippen LogP contribution in [0.3, 0.4) is 0 Å². The summed E-state index contributed by atoms with van der Waals surface area (Å²) in [6.45, 7) is 0.654. The standard InChI is InChI=1S/C20H17F3N4O5/c1-10(28)24-16-8-12(4-5-13(16)21)27-20(30)26(19(29)18(25-27)32-3)9-11-6-14(22)17(31-2)15(23)7-11/h4-8H,9H2,1-3H3,(H,24,28). The predicted molar refractivity (Wildman–Crippen MR) is 107 cm³/mol. The van der Waals surface area contributed by atoms with E-state index in [1.54, 1.807) is 0 Å². The molecule has 3 rings (SSSR count). The first-order chi connectivity index (χ1) is 15.2. The lowest BCUT2D eigenvalue weighted by Crippen LogP contribution is -2.41. The number of hydrogen-bond acceptors (Lipinski definition) is 6. The van der Waals surface area contributed by atoms with Gasteiger partial charge in [-0.15, -0.1) is 5.10 Å². The van der Waals surface area contributed by atoms with E-state index in [4.69, 9.17) is 4.74 Å². The van der Waals surface area contributed by atoms with Crippen LogP contribution in [-0.4, -0.2) is 34.5 Å². The third-order valence-corrected chi connectivity index (χ3v) is 4.33. The zero-order chi connectivity index (χ0) is 23.6. The first-order valence-corrected chi connectivity index (χ1v) is 9.03. The Morgan fingerprint density at radius 2 is 1.69 bits per heavy atom. The fraction of sp³-hybridized carbons (Fsp3) is 0.200. The van der Waals surface area contributed by atoms with Gasteiger partial charge in [0.15, 0.2) is 17.4 Å². The van der Waals surface area contributed by atoms with E-state index in [-0.39, 0.29) is 16.9 Å². The van der Waals surface area contributed by atoms with E-state index in [2.05, 4.69) is 15.2 Å². The molecule has 0 saturated carbocycles. The van der Waals surface area contributed by atoms with Crippen LogP contribution in [0.25, 0.3) is 5.69 Å². The van der Waals surface area contributed by atoms with Gasteiger partial charge < -0.3 is 14.8 Å². The number of carbonyl (C=O) groups is 1. The highest BCUT2D eigenvalue weighted by atomic mass is 19.1. The topological polar surface area (TPSA) is 104 Å². The molecular formula is C20H17F3N4O5. The van der Waals surface area contributed by atoms with Crippen LogP contribution in [-0.2, 0) is 11.3 Å². The number of aromatic nitrogens is 3. The van der Waals surface area contributed by atoms with Gasteiger partial charge in [0, 0.05) is 6.92 Å². The summed E-state index contributed by atoms with van der Waals surface area (Å²) < 4.78 is 53.0. The molecule has 0 aliphatic heterocycles. The molecule has 0 unspecified atom stereocenters. The minimum absolute atomic E-state index is 0.000656. The number of anilines is 1. The van der Waals surface area contributed by atoms with Gasteiger partial charge in [-0.2, -0.15) is 4.68 Å². The summed E-state index contributed by atoms with van der Waals surface area (Å²) in [5.41, 5.74) is -2.21. The molecule has 0 aliphatic carbocycles. The van der Waals surface area contributed by atoms with Crippen molar-refractivity contribution < 1.29 is 27.4 Å². The second kappa shape index (κ2) is 8.96. The van der Waals surface area contributed by atoms with E-state index in [1.165, 1.54) is 13.0 Å². The molecule has 0 atom stereocenters. The number of nitrogens with zero attached hydrogens (tertiary/aromatic N) is 3. The summed E-state index contributed by atoms with van der Waals surface area (Å²) in [5, 5.41) is 6.09. The third-order valence-electron chi connectivity index (χ3n) is 4.33. The van der Waals surface area contributed by atoms with Crippen molar-refractivity contribution in [2.24, 2.45) is 0 Å². The molecule has 1 aromatic heterocycles. The van der Waals surface area contributed by atoms with Gasteiger partial charge in [-0.25, -0.2) is 22.5 Å². The molecule has 0 bridgehead atoms. The van der Waals surface area contributed by atoms with Gasteiger partial charge in [-0.3, -0.25) is 9.59 Å². The first-order valence-electron chi connectivity index (χ1n) is 9.03. The smallest absolute Gasteiger partial charge is 0.352 e. The maximum Gasteiger partial charge on any atom is 0.352 e. The van der Waals surface area contributed by atoms with Crippen molar-refractivity contribution in [3.05, 3.63) is 74.2 Å². The second-order valence-corrected chi connectivity index (χ2v) is 6.53. The fourth-order valence-electron chi connectivity index (χ4n) is 2.94. The Morgan fingerprint density at radius 1 is 1.03 bits per heavy atom. The Morgan fingerprint density at radius 3 is 2.25 bits per heavy atom. The van der Waals surface area contributed by atoms with Gasteiger partial charge in [0.1, 0.15) is 5.82 Å². The van der Waals surface area contributed by atoms with Crippen molar-refractivity contribution in [1.29, 1.82) is 0 Å². The highest BCUT2D eigenvalue weighted by Crippen LogP contribution is 2.23. The van der Waals surface area contributed by atoms with Crippen molar-refractivity contribution in [1.82, 2.24) is 14.3 Å². The van der Waals surface area contributed by atoms with Crippen LogP contribution < -0.4 is 26.0 Å². The molecule has 9 nitrogen and oxygen atoms in total. The third kappa shape index (κ3) is 4.33. The van der Waals surface area contributed by atoms with Gasteiger partial charge in [0.05, 0.1) is 32.1 Å². The quantitative estimate of drug-likeness (QED) is 0.615. The number of ether oxygens (including phenoxy) is 2. The Kier molecular flexibility index (Phi) is 6.32. The molecule has 1 heterocycles.